The van der Waals surface area contributed by atoms with Crippen LogP contribution in [0.15, 0.2) is 0 Å². The van der Waals surface area contributed by atoms with E-state index in [0.717, 1.165) is 19.4 Å². The molecular weight excluding hydrogens is 172 g/mol. The standard InChI is InChI=1S/C10H19ClO/c1-2-3-4-5-10-8-9(11)6-7-12-10/h9-10H,2-8H2,1H3/t9-,10-/m0/s1. The second kappa shape index (κ2) is 5.82. The van der Waals surface area contributed by atoms with Crippen molar-refractivity contribution in [2.45, 2.75) is 56.9 Å². The van der Waals surface area contributed by atoms with Crippen molar-refractivity contribution in [3.05, 3.63) is 0 Å². The molecule has 0 saturated carbocycles. The summed E-state index contributed by atoms with van der Waals surface area (Å²) >= 11 is 6.04. The third kappa shape index (κ3) is 3.77. The first kappa shape index (κ1) is 10.3. The largest absolute Gasteiger partial charge is 0.378 e. The van der Waals surface area contributed by atoms with Gasteiger partial charge in [0.1, 0.15) is 0 Å². The normalized spacial score (nSPS) is 30.5. The van der Waals surface area contributed by atoms with E-state index in [-0.39, 0.29) is 0 Å². The lowest BCUT2D eigenvalue weighted by molar-refractivity contribution is 0.0117. The van der Waals surface area contributed by atoms with Gasteiger partial charge in [-0.3, -0.25) is 0 Å². The Bertz CT molecular complexity index is 116. The zero-order chi connectivity index (χ0) is 8.81. The molecule has 0 amide bonds. The molecule has 2 heteroatoms. The summed E-state index contributed by atoms with van der Waals surface area (Å²) in [4.78, 5) is 0. The van der Waals surface area contributed by atoms with Gasteiger partial charge in [0, 0.05) is 12.0 Å². The Morgan fingerprint density at radius 2 is 2.25 bits per heavy atom. The van der Waals surface area contributed by atoms with Crippen molar-refractivity contribution in [1.29, 1.82) is 0 Å². The van der Waals surface area contributed by atoms with Crippen molar-refractivity contribution in [2.75, 3.05) is 6.61 Å². The first-order valence-electron chi connectivity index (χ1n) is 5.08. The molecule has 1 aliphatic rings. The molecule has 72 valence electrons. The average Bonchev–Trinajstić information content (AvgIpc) is 2.05. The Hall–Kier alpha value is 0.250. The van der Waals surface area contributed by atoms with E-state index >= 15 is 0 Å². The highest BCUT2D eigenvalue weighted by Gasteiger charge is 2.19. The van der Waals surface area contributed by atoms with E-state index < -0.39 is 0 Å². The quantitative estimate of drug-likeness (QED) is 0.488. The summed E-state index contributed by atoms with van der Waals surface area (Å²) in [6, 6.07) is 0. The molecule has 1 nitrogen and oxygen atoms in total. The molecule has 0 N–H and O–H groups in total. The summed E-state index contributed by atoms with van der Waals surface area (Å²) in [5.74, 6) is 0. The van der Waals surface area contributed by atoms with Gasteiger partial charge in [0.25, 0.3) is 0 Å². The SMILES string of the molecule is CCCCC[C@H]1C[C@@H](Cl)CCO1. The molecule has 0 aromatic heterocycles. The molecule has 1 saturated heterocycles. The fourth-order valence-corrected chi connectivity index (χ4v) is 1.94. The molecule has 0 aromatic rings. The molecular formula is C10H19ClO. The predicted molar refractivity (Wildman–Crippen MR) is 52.8 cm³/mol. The van der Waals surface area contributed by atoms with E-state index in [9.17, 15) is 0 Å². The van der Waals surface area contributed by atoms with Gasteiger partial charge >= 0.3 is 0 Å². The van der Waals surface area contributed by atoms with E-state index in [1.54, 1.807) is 0 Å². The Morgan fingerprint density at radius 1 is 1.42 bits per heavy atom. The maximum atomic E-state index is 6.04. The molecule has 0 aromatic carbocycles. The molecule has 2 atom stereocenters. The summed E-state index contributed by atoms with van der Waals surface area (Å²) in [6.07, 6.45) is 7.66. The number of rotatable bonds is 4. The smallest absolute Gasteiger partial charge is 0.0589 e. The number of hydrogen-bond acceptors (Lipinski definition) is 1. The van der Waals surface area contributed by atoms with Crippen LogP contribution < -0.4 is 0 Å². The number of halogens is 1. The zero-order valence-electron chi connectivity index (χ0n) is 7.89. The van der Waals surface area contributed by atoms with Crippen LogP contribution in [0.3, 0.4) is 0 Å². The van der Waals surface area contributed by atoms with Gasteiger partial charge in [0.2, 0.25) is 0 Å². The fourth-order valence-electron chi connectivity index (χ4n) is 1.66. The summed E-state index contributed by atoms with van der Waals surface area (Å²) in [5, 5.41) is 0.366. The second-order valence-electron chi connectivity index (χ2n) is 3.61. The Balaban J connectivity index is 2.06. The third-order valence-corrected chi connectivity index (χ3v) is 2.83. The van der Waals surface area contributed by atoms with Gasteiger partial charge in [-0.25, -0.2) is 0 Å². The van der Waals surface area contributed by atoms with Crippen molar-refractivity contribution in [3.8, 4) is 0 Å². The second-order valence-corrected chi connectivity index (χ2v) is 4.23. The van der Waals surface area contributed by atoms with E-state index in [0.29, 0.717) is 11.5 Å². The van der Waals surface area contributed by atoms with Crippen molar-refractivity contribution >= 4 is 11.6 Å². The first-order chi connectivity index (χ1) is 5.83. The molecule has 12 heavy (non-hydrogen) atoms. The maximum Gasteiger partial charge on any atom is 0.0589 e. The molecule has 0 unspecified atom stereocenters. The number of ether oxygens (including phenoxy) is 1. The van der Waals surface area contributed by atoms with Gasteiger partial charge in [0.15, 0.2) is 0 Å². The van der Waals surface area contributed by atoms with E-state index in [1.807, 2.05) is 0 Å². The van der Waals surface area contributed by atoms with Gasteiger partial charge in [-0.2, -0.15) is 0 Å². The van der Waals surface area contributed by atoms with Crippen molar-refractivity contribution in [3.63, 3.8) is 0 Å². The molecule has 1 heterocycles. The minimum atomic E-state index is 0.366. The molecule has 1 fully saturated rings. The van der Waals surface area contributed by atoms with Crippen LogP contribution in [0.1, 0.15) is 45.4 Å². The van der Waals surface area contributed by atoms with Crippen molar-refractivity contribution < 1.29 is 4.74 Å². The molecule has 1 rings (SSSR count). The van der Waals surface area contributed by atoms with Gasteiger partial charge in [-0.1, -0.05) is 26.2 Å². The monoisotopic (exact) mass is 190 g/mol. The number of hydrogen-bond donors (Lipinski definition) is 0. The van der Waals surface area contributed by atoms with Gasteiger partial charge in [0.05, 0.1) is 6.10 Å². The number of alkyl halides is 1. The van der Waals surface area contributed by atoms with Crippen LogP contribution >= 0.6 is 11.6 Å². The molecule has 0 spiro atoms. The minimum absolute atomic E-state index is 0.366. The summed E-state index contributed by atoms with van der Waals surface area (Å²) in [5.41, 5.74) is 0. The van der Waals surface area contributed by atoms with Crippen LogP contribution in [0.4, 0.5) is 0 Å². The van der Waals surface area contributed by atoms with Gasteiger partial charge < -0.3 is 4.74 Å². The number of unbranched alkanes of at least 4 members (excludes halogenated alkanes) is 2. The summed E-state index contributed by atoms with van der Waals surface area (Å²) < 4.78 is 5.61. The topological polar surface area (TPSA) is 9.23 Å². The van der Waals surface area contributed by atoms with Crippen LogP contribution in [0, 0.1) is 0 Å². The minimum Gasteiger partial charge on any atom is -0.378 e. The Labute approximate surface area is 80.4 Å². The highest BCUT2D eigenvalue weighted by Crippen LogP contribution is 2.22. The Kier molecular flexibility index (Phi) is 5.01. The molecule has 0 radical (unpaired) electrons. The zero-order valence-corrected chi connectivity index (χ0v) is 8.65. The predicted octanol–water partition coefficient (Wildman–Crippen LogP) is 3.35. The van der Waals surface area contributed by atoms with Gasteiger partial charge in [-0.15, -0.1) is 11.6 Å². The van der Waals surface area contributed by atoms with Crippen molar-refractivity contribution in [1.82, 2.24) is 0 Å². The highest BCUT2D eigenvalue weighted by molar-refractivity contribution is 6.20. The van der Waals surface area contributed by atoms with Crippen LogP contribution in [0.2, 0.25) is 0 Å². The van der Waals surface area contributed by atoms with E-state index in [2.05, 4.69) is 6.92 Å². The van der Waals surface area contributed by atoms with Crippen LogP contribution in [-0.4, -0.2) is 18.1 Å². The van der Waals surface area contributed by atoms with Gasteiger partial charge in [-0.05, 0) is 19.3 Å². The van der Waals surface area contributed by atoms with Crippen molar-refractivity contribution in [2.24, 2.45) is 0 Å². The maximum absolute atomic E-state index is 6.04. The summed E-state index contributed by atoms with van der Waals surface area (Å²) in [7, 11) is 0. The summed E-state index contributed by atoms with van der Waals surface area (Å²) in [6.45, 7) is 3.09. The fraction of sp³-hybridized carbons (Fsp3) is 1.00. The first-order valence-corrected chi connectivity index (χ1v) is 5.52. The van der Waals surface area contributed by atoms with Crippen LogP contribution in [0.25, 0.3) is 0 Å². The van der Waals surface area contributed by atoms with E-state index in [4.69, 9.17) is 16.3 Å². The molecule has 0 bridgehead atoms. The lowest BCUT2D eigenvalue weighted by Crippen LogP contribution is -2.25. The van der Waals surface area contributed by atoms with E-state index in [1.165, 1.54) is 25.7 Å². The molecule has 0 aliphatic carbocycles. The molecule has 1 aliphatic heterocycles. The average molecular weight is 191 g/mol. The van der Waals surface area contributed by atoms with Crippen LogP contribution in [-0.2, 0) is 4.74 Å². The lowest BCUT2D eigenvalue weighted by Gasteiger charge is -2.25. The Morgan fingerprint density at radius 3 is 2.92 bits per heavy atom. The lowest BCUT2D eigenvalue weighted by atomic mass is 10.0. The third-order valence-electron chi connectivity index (χ3n) is 2.43. The highest BCUT2D eigenvalue weighted by atomic mass is 35.5. The van der Waals surface area contributed by atoms with Crippen LogP contribution in [0.5, 0.6) is 0 Å².